The molecule has 29 heavy (non-hydrogen) atoms. The first-order valence-corrected chi connectivity index (χ1v) is 10.2. The number of amides is 1. The molecule has 1 aliphatic heterocycles. The van der Waals surface area contributed by atoms with Crippen LogP contribution in [0.15, 0.2) is 58.1 Å². The normalized spacial score (nSPS) is 15.2. The van der Waals surface area contributed by atoms with E-state index in [0.29, 0.717) is 19.6 Å². The lowest BCUT2D eigenvalue weighted by molar-refractivity contribution is 0.111. The lowest BCUT2D eigenvalue weighted by atomic mass is 10.1. The number of ether oxygens (including phenoxy) is 1. The van der Waals surface area contributed by atoms with Crippen molar-refractivity contribution in [3.63, 3.8) is 0 Å². The van der Waals surface area contributed by atoms with Gasteiger partial charge in [-0.2, -0.15) is 0 Å². The van der Waals surface area contributed by atoms with Crippen molar-refractivity contribution in [1.29, 1.82) is 0 Å². The predicted molar refractivity (Wildman–Crippen MR) is 113 cm³/mol. The van der Waals surface area contributed by atoms with Crippen molar-refractivity contribution >= 4 is 12.1 Å². The Labute approximate surface area is 172 Å². The Kier molecular flexibility index (Phi) is 7.98. The minimum Gasteiger partial charge on any atom is -0.469 e. The molecule has 1 aromatic carbocycles. The zero-order valence-corrected chi connectivity index (χ0v) is 17.0. The maximum atomic E-state index is 11.7. The number of hydrogen-bond acceptors (Lipinski definition) is 4. The molecule has 2 aromatic rings. The smallest absolute Gasteiger partial charge is 0.409 e. The summed E-state index contributed by atoms with van der Waals surface area (Å²) < 4.78 is 10.2. The number of furan rings is 1. The molecule has 2 N–H and O–H groups in total. The number of likely N-dealkylation sites (tertiary alicyclic amines) is 1. The Morgan fingerprint density at radius 1 is 1.17 bits per heavy atom. The van der Waals surface area contributed by atoms with Gasteiger partial charge in [-0.1, -0.05) is 30.3 Å². The maximum Gasteiger partial charge on any atom is 0.409 e. The summed E-state index contributed by atoms with van der Waals surface area (Å²) in [4.78, 5) is 18.1. The van der Waals surface area contributed by atoms with E-state index in [-0.39, 0.29) is 12.1 Å². The van der Waals surface area contributed by atoms with Crippen LogP contribution in [0.3, 0.4) is 0 Å². The SMILES string of the molecule is COC(=O)N1CCC(NC(=NCCc2ccco2)NCCc2ccccc2)CC1. The highest BCUT2D eigenvalue weighted by atomic mass is 16.5. The third-order valence-electron chi connectivity index (χ3n) is 5.03. The Hall–Kier alpha value is -2.96. The molecule has 0 saturated carbocycles. The number of benzene rings is 1. The van der Waals surface area contributed by atoms with E-state index in [0.717, 1.165) is 43.9 Å². The summed E-state index contributed by atoms with van der Waals surface area (Å²) in [7, 11) is 1.42. The van der Waals surface area contributed by atoms with Crippen molar-refractivity contribution in [3.8, 4) is 0 Å². The number of hydrogen-bond donors (Lipinski definition) is 2. The number of rotatable bonds is 7. The van der Waals surface area contributed by atoms with Crippen molar-refractivity contribution in [2.45, 2.75) is 31.7 Å². The lowest BCUT2D eigenvalue weighted by Gasteiger charge is -2.32. The van der Waals surface area contributed by atoms with E-state index < -0.39 is 0 Å². The van der Waals surface area contributed by atoms with E-state index in [2.05, 4.69) is 34.9 Å². The first kappa shape index (κ1) is 20.8. The summed E-state index contributed by atoms with van der Waals surface area (Å²) in [5.74, 6) is 1.74. The van der Waals surface area contributed by atoms with Crippen molar-refractivity contribution in [2.75, 3.05) is 33.3 Å². The topological polar surface area (TPSA) is 79.1 Å². The van der Waals surface area contributed by atoms with Crippen LogP contribution in [-0.4, -0.2) is 56.3 Å². The number of piperidine rings is 1. The minimum absolute atomic E-state index is 0.253. The standard InChI is InChI=1S/C22H30N4O3/c1-28-22(27)26-15-11-19(12-16-26)25-21(24-14-10-20-8-5-17-29-20)23-13-9-18-6-3-2-4-7-18/h2-8,17,19H,9-16H2,1H3,(H2,23,24,25). The van der Waals surface area contributed by atoms with Gasteiger partial charge in [-0.05, 0) is 37.0 Å². The molecule has 2 heterocycles. The Balaban J connectivity index is 1.51. The highest BCUT2D eigenvalue weighted by molar-refractivity contribution is 5.80. The molecule has 1 fully saturated rings. The van der Waals surface area contributed by atoms with Gasteiger partial charge in [-0.3, -0.25) is 4.99 Å². The molecule has 0 atom stereocenters. The second kappa shape index (κ2) is 11.1. The van der Waals surface area contributed by atoms with Crippen LogP contribution in [0.5, 0.6) is 0 Å². The van der Waals surface area contributed by atoms with Crippen molar-refractivity contribution < 1.29 is 13.9 Å². The fourth-order valence-electron chi connectivity index (χ4n) is 3.38. The van der Waals surface area contributed by atoms with E-state index in [4.69, 9.17) is 14.1 Å². The van der Waals surface area contributed by atoms with Crippen LogP contribution >= 0.6 is 0 Å². The van der Waals surface area contributed by atoms with Crippen molar-refractivity contribution in [2.24, 2.45) is 4.99 Å². The highest BCUT2D eigenvalue weighted by Gasteiger charge is 2.23. The molecule has 0 unspecified atom stereocenters. The molecule has 7 heteroatoms. The van der Waals surface area contributed by atoms with E-state index in [9.17, 15) is 4.79 Å². The molecule has 3 rings (SSSR count). The Morgan fingerprint density at radius 3 is 2.66 bits per heavy atom. The molecule has 1 aromatic heterocycles. The number of guanidine groups is 1. The van der Waals surface area contributed by atoms with Gasteiger partial charge in [0.25, 0.3) is 0 Å². The third-order valence-corrected chi connectivity index (χ3v) is 5.03. The zero-order chi connectivity index (χ0) is 20.3. The molecule has 0 bridgehead atoms. The first-order chi connectivity index (χ1) is 14.2. The molecule has 1 amide bonds. The summed E-state index contributed by atoms with van der Waals surface area (Å²) in [6.45, 7) is 2.83. The molecular formula is C22H30N4O3. The summed E-state index contributed by atoms with van der Waals surface area (Å²) in [6.07, 6.45) is 4.86. The van der Waals surface area contributed by atoms with Gasteiger partial charge in [0.15, 0.2) is 5.96 Å². The van der Waals surface area contributed by atoms with Crippen LogP contribution in [0.2, 0.25) is 0 Å². The number of carbonyl (C=O) groups excluding carboxylic acids is 1. The van der Waals surface area contributed by atoms with Crippen molar-refractivity contribution in [1.82, 2.24) is 15.5 Å². The molecule has 156 valence electrons. The number of nitrogens with zero attached hydrogens (tertiary/aromatic N) is 2. The van der Waals surface area contributed by atoms with Crippen LogP contribution in [0.25, 0.3) is 0 Å². The van der Waals surface area contributed by atoms with Crippen LogP contribution < -0.4 is 10.6 Å². The van der Waals surface area contributed by atoms with Gasteiger partial charge in [0.2, 0.25) is 0 Å². The van der Waals surface area contributed by atoms with E-state index in [1.165, 1.54) is 12.7 Å². The van der Waals surface area contributed by atoms with Crippen LogP contribution in [0.1, 0.15) is 24.2 Å². The Morgan fingerprint density at radius 2 is 1.97 bits per heavy atom. The second-order valence-corrected chi connectivity index (χ2v) is 7.10. The average Bonchev–Trinajstić information content (AvgIpc) is 3.28. The van der Waals surface area contributed by atoms with E-state index in [1.54, 1.807) is 11.2 Å². The minimum atomic E-state index is -0.253. The van der Waals surface area contributed by atoms with Gasteiger partial charge in [-0.25, -0.2) is 4.79 Å². The summed E-state index contributed by atoms with van der Waals surface area (Å²) in [6, 6.07) is 14.5. The summed E-state index contributed by atoms with van der Waals surface area (Å²) in [5, 5.41) is 6.97. The fraction of sp³-hybridized carbons (Fsp3) is 0.455. The second-order valence-electron chi connectivity index (χ2n) is 7.10. The zero-order valence-electron chi connectivity index (χ0n) is 17.0. The molecule has 7 nitrogen and oxygen atoms in total. The number of carbonyl (C=O) groups is 1. The van der Waals surface area contributed by atoms with E-state index >= 15 is 0 Å². The summed E-state index contributed by atoms with van der Waals surface area (Å²) >= 11 is 0. The first-order valence-electron chi connectivity index (χ1n) is 10.2. The maximum absolute atomic E-state index is 11.7. The molecular weight excluding hydrogens is 368 g/mol. The van der Waals surface area contributed by atoms with Gasteiger partial charge in [0.05, 0.1) is 13.4 Å². The Bertz CT molecular complexity index is 754. The lowest BCUT2D eigenvalue weighted by Crippen LogP contribution is -2.50. The molecule has 0 aliphatic carbocycles. The monoisotopic (exact) mass is 398 g/mol. The highest BCUT2D eigenvalue weighted by Crippen LogP contribution is 2.11. The van der Waals surface area contributed by atoms with Gasteiger partial charge in [-0.15, -0.1) is 0 Å². The van der Waals surface area contributed by atoms with Crippen LogP contribution in [-0.2, 0) is 17.6 Å². The third kappa shape index (κ3) is 6.85. The average molecular weight is 399 g/mol. The van der Waals surface area contributed by atoms with Gasteiger partial charge in [0, 0.05) is 38.6 Å². The van der Waals surface area contributed by atoms with Gasteiger partial charge < -0.3 is 24.7 Å². The number of aliphatic imine (C=N–C) groups is 1. The molecule has 0 spiro atoms. The summed E-state index contributed by atoms with van der Waals surface area (Å²) in [5.41, 5.74) is 1.29. The largest absolute Gasteiger partial charge is 0.469 e. The predicted octanol–water partition coefficient (Wildman–Crippen LogP) is 2.83. The molecule has 1 saturated heterocycles. The number of methoxy groups -OCH3 is 1. The van der Waals surface area contributed by atoms with Crippen molar-refractivity contribution in [3.05, 3.63) is 60.1 Å². The molecule has 1 aliphatic rings. The van der Waals surface area contributed by atoms with Crippen LogP contribution in [0, 0.1) is 0 Å². The molecule has 0 radical (unpaired) electrons. The van der Waals surface area contributed by atoms with Gasteiger partial charge in [0.1, 0.15) is 5.76 Å². The number of nitrogens with one attached hydrogen (secondary N) is 2. The fourth-order valence-corrected chi connectivity index (χ4v) is 3.38. The van der Waals surface area contributed by atoms with Crippen LogP contribution in [0.4, 0.5) is 4.79 Å². The van der Waals surface area contributed by atoms with Gasteiger partial charge >= 0.3 is 6.09 Å². The quantitative estimate of drug-likeness (QED) is 0.554. The van der Waals surface area contributed by atoms with E-state index in [1.807, 2.05) is 18.2 Å².